The third kappa shape index (κ3) is 9.59. The summed E-state index contributed by atoms with van der Waals surface area (Å²) in [6.07, 6.45) is 0.841. The minimum Gasteiger partial charge on any atom is -0.481 e. The van der Waals surface area contributed by atoms with Crippen molar-refractivity contribution in [3.8, 4) is 0 Å². The minimum atomic E-state index is -1.26. The van der Waals surface area contributed by atoms with Gasteiger partial charge in [-0.15, -0.1) is 0 Å². The van der Waals surface area contributed by atoms with Crippen molar-refractivity contribution < 1.29 is 39.2 Å². The number of likely N-dealkylation sites (N-methyl/N-ethyl adjacent to an activating group) is 1. The Labute approximate surface area is 238 Å². The molecule has 0 radical (unpaired) electrons. The van der Waals surface area contributed by atoms with Crippen LogP contribution < -0.4 is 10.6 Å². The average molecular weight is 580 g/mol. The number of carboxylic acid groups (broad SMARTS) is 1. The lowest BCUT2D eigenvalue weighted by atomic mass is 10.1. The molecule has 15 heteroatoms. The van der Waals surface area contributed by atoms with Crippen LogP contribution in [-0.4, -0.2) is 108 Å². The lowest BCUT2D eigenvalue weighted by molar-refractivity contribution is -0.137. The second-order valence-electron chi connectivity index (χ2n) is 11.1. The van der Waals surface area contributed by atoms with E-state index >= 15 is 0 Å². The van der Waals surface area contributed by atoms with Gasteiger partial charge in [0.25, 0.3) is 0 Å². The maximum absolute atomic E-state index is 12.5. The summed E-state index contributed by atoms with van der Waals surface area (Å²) < 4.78 is 12.6. The van der Waals surface area contributed by atoms with Crippen molar-refractivity contribution in [2.45, 2.75) is 89.4 Å². The smallest absolute Gasteiger partial charge is 0.407 e. The zero-order valence-corrected chi connectivity index (χ0v) is 23.9. The van der Waals surface area contributed by atoms with Gasteiger partial charge in [0.15, 0.2) is 23.2 Å². The fourth-order valence-corrected chi connectivity index (χ4v) is 4.42. The molecule has 15 nitrogen and oxygen atoms in total. The van der Waals surface area contributed by atoms with Crippen LogP contribution in [0.1, 0.15) is 65.5 Å². The van der Waals surface area contributed by atoms with Gasteiger partial charge in [0.05, 0.1) is 6.33 Å². The first kappa shape index (κ1) is 32.1. The first-order valence-electron chi connectivity index (χ1n) is 13.7. The van der Waals surface area contributed by atoms with Gasteiger partial charge in [-0.3, -0.25) is 14.2 Å². The number of carbonyl (C=O) groups excluding carboxylic acids is 2. The number of anilines is 1. The average Bonchev–Trinajstić information content (AvgIpc) is 3.42. The van der Waals surface area contributed by atoms with Gasteiger partial charge in [0.1, 0.15) is 30.2 Å². The Hall–Kier alpha value is -3.40. The van der Waals surface area contributed by atoms with Crippen LogP contribution in [0.4, 0.5) is 10.6 Å². The van der Waals surface area contributed by atoms with Gasteiger partial charge in [0.2, 0.25) is 5.91 Å². The normalized spacial score (nSPS) is 20.9. The molecule has 1 aliphatic rings. The van der Waals surface area contributed by atoms with Crippen molar-refractivity contribution in [1.82, 2.24) is 29.7 Å². The van der Waals surface area contributed by atoms with E-state index in [1.165, 1.54) is 17.2 Å². The fourth-order valence-electron chi connectivity index (χ4n) is 4.42. The van der Waals surface area contributed by atoms with Gasteiger partial charge in [-0.25, -0.2) is 19.7 Å². The van der Waals surface area contributed by atoms with Crippen LogP contribution in [0.5, 0.6) is 0 Å². The van der Waals surface area contributed by atoms with E-state index in [2.05, 4.69) is 25.6 Å². The van der Waals surface area contributed by atoms with Crippen LogP contribution in [0, 0.1) is 0 Å². The number of aliphatic hydroxyl groups excluding tert-OH is 2. The first-order chi connectivity index (χ1) is 19.4. The van der Waals surface area contributed by atoms with Crippen molar-refractivity contribution in [2.75, 3.05) is 32.0 Å². The Balaban J connectivity index is 1.51. The summed E-state index contributed by atoms with van der Waals surface area (Å²) in [5, 5.41) is 35.6. The fraction of sp³-hybridized carbons (Fsp3) is 0.692. The molecule has 2 aromatic heterocycles. The van der Waals surface area contributed by atoms with Gasteiger partial charge in [-0.1, -0.05) is 6.42 Å². The standard InChI is InChI=1S/C26H41N7O8/c1-26(2,3)41-25(39)27-11-7-5-6-9-17(34)31-22-19-23(29-14-28-22)33(15-30-19)24-21(38)20(37)16(40-24)13-32(4)12-8-10-18(35)36/h14-16,20-21,24,37-38H,5-13H2,1-4H3,(H,27,39)(H,35,36)(H,28,29,31,34)/t16-,20-,21-,24-/m1/s1. The molecule has 2 aromatic rings. The molecule has 4 atom stereocenters. The summed E-state index contributed by atoms with van der Waals surface area (Å²) in [5.41, 5.74) is 0.0674. The zero-order valence-electron chi connectivity index (χ0n) is 23.9. The molecular weight excluding hydrogens is 538 g/mol. The van der Waals surface area contributed by atoms with E-state index in [9.17, 15) is 24.6 Å². The number of carbonyl (C=O) groups is 3. The highest BCUT2D eigenvalue weighted by molar-refractivity contribution is 5.96. The number of hydrogen-bond acceptors (Lipinski definition) is 11. The highest BCUT2D eigenvalue weighted by Crippen LogP contribution is 2.32. The van der Waals surface area contributed by atoms with E-state index in [0.29, 0.717) is 43.5 Å². The molecule has 2 amide bonds. The van der Waals surface area contributed by atoms with E-state index in [1.54, 1.807) is 27.8 Å². The van der Waals surface area contributed by atoms with E-state index in [-0.39, 0.29) is 31.1 Å². The summed E-state index contributed by atoms with van der Waals surface area (Å²) in [5.74, 6) is -0.911. The highest BCUT2D eigenvalue weighted by atomic mass is 16.6. The Morgan fingerprint density at radius 1 is 1.07 bits per heavy atom. The number of hydrogen-bond donors (Lipinski definition) is 5. The molecule has 0 aromatic carbocycles. The van der Waals surface area contributed by atoms with Gasteiger partial charge in [0, 0.05) is 25.9 Å². The number of nitrogens with zero attached hydrogens (tertiary/aromatic N) is 5. The second-order valence-corrected chi connectivity index (χ2v) is 11.1. The van der Waals surface area contributed by atoms with E-state index in [4.69, 9.17) is 14.6 Å². The number of aromatic nitrogens is 4. The van der Waals surface area contributed by atoms with Gasteiger partial charge in [-0.2, -0.15) is 0 Å². The maximum Gasteiger partial charge on any atom is 0.407 e. The maximum atomic E-state index is 12.5. The SMILES string of the molecule is CN(CCCC(=O)O)C[C@H]1O[C@@H](n2cnc3c(NC(=O)CCCCCNC(=O)OC(C)(C)C)ncnc32)[C@H](O)[C@@H]1O. The van der Waals surface area contributed by atoms with Gasteiger partial charge < -0.3 is 40.3 Å². The quantitative estimate of drug-likeness (QED) is 0.201. The summed E-state index contributed by atoms with van der Waals surface area (Å²) in [6, 6.07) is 0. The number of nitrogens with one attached hydrogen (secondary N) is 2. The topological polar surface area (TPSA) is 201 Å². The number of imidazole rings is 1. The molecule has 0 unspecified atom stereocenters. The van der Waals surface area contributed by atoms with Crippen molar-refractivity contribution in [2.24, 2.45) is 0 Å². The van der Waals surface area contributed by atoms with E-state index in [1.807, 2.05) is 4.90 Å². The Morgan fingerprint density at radius 2 is 1.83 bits per heavy atom. The van der Waals surface area contributed by atoms with Crippen molar-refractivity contribution in [3.63, 3.8) is 0 Å². The Bertz CT molecular complexity index is 1180. The lowest BCUT2D eigenvalue weighted by Crippen LogP contribution is -2.38. The Kier molecular flexibility index (Phi) is 11.3. The zero-order chi connectivity index (χ0) is 30.2. The number of unbranched alkanes of at least 4 members (excludes halogenated alkanes) is 2. The summed E-state index contributed by atoms with van der Waals surface area (Å²) >= 11 is 0. The molecule has 0 saturated carbocycles. The number of fused-ring (bicyclic) bond motifs is 1. The molecule has 1 aliphatic heterocycles. The third-order valence-corrected chi connectivity index (χ3v) is 6.40. The van der Waals surface area contributed by atoms with Crippen LogP contribution in [0.25, 0.3) is 11.2 Å². The number of aliphatic hydroxyl groups is 2. The predicted molar refractivity (Wildman–Crippen MR) is 147 cm³/mol. The second kappa shape index (κ2) is 14.5. The van der Waals surface area contributed by atoms with Crippen molar-refractivity contribution in [1.29, 1.82) is 0 Å². The van der Waals surface area contributed by atoms with Crippen LogP contribution in [0.2, 0.25) is 0 Å². The molecular formula is C26H41N7O8. The molecule has 41 heavy (non-hydrogen) atoms. The Morgan fingerprint density at radius 3 is 2.54 bits per heavy atom. The number of carboxylic acids is 1. The third-order valence-electron chi connectivity index (χ3n) is 6.40. The van der Waals surface area contributed by atoms with Gasteiger partial charge in [-0.05, 0) is 53.6 Å². The van der Waals surface area contributed by atoms with Crippen molar-refractivity contribution >= 4 is 35.0 Å². The molecule has 0 aliphatic carbocycles. The van der Waals surface area contributed by atoms with E-state index in [0.717, 1.165) is 6.42 Å². The molecule has 3 heterocycles. The van der Waals surface area contributed by atoms with Crippen molar-refractivity contribution in [3.05, 3.63) is 12.7 Å². The number of ether oxygens (including phenoxy) is 2. The summed E-state index contributed by atoms with van der Waals surface area (Å²) in [6.45, 7) is 6.61. The van der Waals surface area contributed by atoms with Gasteiger partial charge >= 0.3 is 12.1 Å². The molecule has 1 fully saturated rings. The predicted octanol–water partition coefficient (Wildman–Crippen LogP) is 1.27. The molecule has 5 N–H and O–H groups in total. The molecule has 0 spiro atoms. The lowest BCUT2D eigenvalue weighted by Gasteiger charge is -2.22. The van der Waals surface area contributed by atoms with Crippen LogP contribution in [0.3, 0.4) is 0 Å². The number of alkyl carbamates (subject to hydrolysis) is 1. The van der Waals surface area contributed by atoms with Crippen LogP contribution >= 0.6 is 0 Å². The molecule has 3 rings (SSSR count). The highest BCUT2D eigenvalue weighted by Gasteiger charge is 2.44. The molecule has 1 saturated heterocycles. The number of aliphatic carboxylic acids is 1. The minimum absolute atomic E-state index is 0.0383. The summed E-state index contributed by atoms with van der Waals surface area (Å²) in [7, 11) is 1.79. The number of amides is 2. The first-order valence-corrected chi connectivity index (χ1v) is 13.7. The van der Waals surface area contributed by atoms with Crippen LogP contribution in [-0.2, 0) is 19.1 Å². The van der Waals surface area contributed by atoms with E-state index < -0.39 is 42.2 Å². The largest absolute Gasteiger partial charge is 0.481 e. The number of rotatable bonds is 14. The monoisotopic (exact) mass is 579 g/mol. The van der Waals surface area contributed by atoms with Crippen LogP contribution in [0.15, 0.2) is 12.7 Å². The summed E-state index contributed by atoms with van der Waals surface area (Å²) in [4.78, 5) is 49.5. The molecule has 0 bridgehead atoms. The molecule has 228 valence electrons.